The van der Waals surface area contributed by atoms with Crippen LogP contribution in [0.4, 0.5) is 13.2 Å². The predicted molar refractivity (Wildman–Crippen MR) is 109 cm³/mol. The maximum atomic E-state index is 13.1. The molecule has 2 bridgehead atoms. The molecule has 160 valence electrons. The minimum absolute atomic E-state index is 0.118. The summed E-state index contributed by atoms with van der Waals surface area (Å²) in [6.45, 7) is 1.80. The van der Waals surface area contributed by atoms with Crippen LogP contribution in [0, 0.1) is 5.92 Å². The summed E-state index contributed by atoms with van der Waals surface area (Å²) in [5.41, 5.74) is 1.74. The summed E-state index contributed by atoms with van der Waals surface area (Å²) >= 11 is 1.51. The first-order valence-electron chi connectivity index (χ1n) is 9.62. The number of aromatic nitrogens is 1. The van der Waals surface area contributed by atoms with E-state index >= 15 is 0 Å². The van der Waals surface area contributed by atoms with E-state index in [1.54, 1.807) is 10.6 Å². The largest absolute Gasteiger partial charge is 0.573 e. The standard InChI is InChI=1S/C21H21F3N2O3S/c1-30-12-19(27)25-9-13-8-15(11-25)18-7-6-17(20(28)26(18)10-13)14-2-4-16(5-3-14)29-21(22,23)24/h2-7,13,15H,8-12H2,1H3. The Kier molecular flexibility index (Phi) is 5.57. The van der Waals surface area contributed by atoms with E-state index in [1.807, 2.05) is 17.2 Å². The van der Waals surface area contributed by atoms with Crippen LogP contribution >= 0.6 is 11.8 Å². The number of amides is 1. The van der Waals surface area contributed by atoms with E-state index < -0.39 is 6.36 Å². The van der Waals surface area contributed by atoms with Crippen LogP contribution in [-0.4, -0.2) is 46.8 Å². The number of hydrogen-bond acceptors (Lipinski definition) is 4. The number of alkyl halides is 3. The molecule has 9 heteroatoms. The van der Waals surface area contributed by atoms with Crippen molar-refractivity contribution in [3.63, 3.8) is 0 Å². The van der Waals surface area contributed by atoms with Gasteiger partial charge in [-0.15, -0.1) is 13.2 Å². The Bertz CT molecular complexity index is 1000. The third kappa shape index (κ3) is 4.21. The van der Waals surface area contributed by atoms with E-state index in [9.17, 15) is 22.8 Å². The van der Waals surface area contributed by atoms with Crippen LogP contribution in [-0.2, 0) is 11.3 Å². The molecule has 2 aliphatic heterocycles. The Morgan fingerprint density at radius 3 is 2.53 bits per heavy atom. The molecule has 0 aliphatic carbocycles. The molecule has 1 amide bonds. The quantitative estimate of drug-likeness (QED) is 0.730. The molecule has 3 heterocycles. The zero-order chi connectivity index (χ0) is 21.5. The van der Waals surface area contributed by atoms with Crippen LogP contribution in [0.25, 0.3) is 11.1 Å². The number of thioether (sulfide) groups is 1. The number of rotatable bonds is 4. The molecule has 1 saturated heterocycles. The van der Waals surface area contributed by atoms with E-state index in [2.05, 4.69) is 4.74 Å². The minimum atomic E-state index is -4.75. The summed E-state index contributed by atoms with van der Waals surface area (Å²) in [6, 6.07) is 8.94. The number of benzene rings is 1. The second kappa shape index (κ2) is 8.02. The van der Waals surface area contributed by atoms with Crippen molar-refractivity contribution in [1.82, 2.24) is 9.47 Å². The molecule has 0 saturated carbocycles. The number of nitrogens with zero attached hydrogens (tertiary/aromatic N) is 2. The van der Waals surface area contributed by atoms with Gasteiger partial charge in [-0.25, -0.2) is 0 Å². The normalized spacial score (nSPS) is 20.6. The highest BCUT2D eigenvalue weighted by Crippen LogP contribution is 2.36. The second-order valence-corrected chi connectivity index (χ2v) is 8.56. The lowest BCUT2D eigenvalue weighted by molar-refractivity contribution is -0.274. The van der Waals surface area contributed by atoms with E-state index in [-0.39, 0.29) is 29.1 Å². The van der Waals surface area contributed by atoms with Crippen molar-refractivity contribution in [2.45, 2.75) is 25.2 Å². The number of hydrogen-bond donors (Lipinski definition) is 0. The number of pyridine rings is 1. The maximum absolute atomic E-state index is 13.1. The van der Waals surface area contributed by atoms with Crippen LogP contribution in [0.5, 0.6) is 5.75 Å². The average molecular weight is 438 g/mol. The predicted octanol–water partition coefficient (Wildman–Crippen LogP) is 3.72. The molecule has 2 unspecified atom stereocenters. The third-order valence-corrected chi connectivity index (χ3v) is 6.16. The highest BCUT2D eigenvalue weighted by Gasteiger charge is 2.36. The molecular weight excluding hydrogens is 417 g/mol. The molecule has 2 aliphatic rings. The minimum Gasteiger partial charge on any atom is -0.406 e. The molecule has 30 heavy (non-hydrogen) atoms. The lowest BCUT2D eigenvalue weighted by atomic mass is 9.82. The van der Waals surface area contributed by atoms with Crippen molar-refractivity contribution < 1.29 is 22.7 Å². The first-order chi connectivity index (χ1) is 14.2. The summed E-state index contributed by atoms with van der Waals surface area (Å²) in [6.07, 6.45) is -1.90. The smallest absolute Gasteiger partial charge is 0.406 e. The van der Waals surface area contributed by atoms with Crippen molar-refractivity contribution in [2.24, 2.45) is 5.92 Å². The van der Waals surface area contributed by atoms with Gasteiger partial charge in [-0.1, -0.05) is 12.1 Å². The summed E-state index contributed by atoms with van der Waals surface area (Å²) in [7, 11) is 0. The topological polar surface area (TPSA) is 51.5 Å². The van der Waals surface area contributed by atoms with Crippen molar-refractivity contribution in [2.75, 3.05) is 25.1 Å². The van der Waals surface area contributed by atoms with Gasteiger partial charge in [0.25, 0.3) is 5.56 Å². The van der Waals surface area contributed by atoms with Gasteiger partial charge in [-0.2, -0.15) is 11.8 Å². The SMILES string of the molecule is CSCC(=O)N1CC2CC(C1)c1ccc(-c3ccc(OC(F)(F)F)cc3)c(=O)n1C2. The molecule has 0 N–H and O–H groups in total. The number of carbonyl (C=O) groups excluding carboxylic acids is 1. The van der Waals surface area contributed by atoms with Crippen LogP contribution in [0.3, 0.4) is 0 Å². The van der Waals surface area contributed by atoms with Crippen molar-refractivity contribution in [1.29, 1.82) is 0 Å². The maximum Gasteiger partial charge on any atom is 0.573 e. The zero-order valence-electron chi connectivity index (χ0n) is 16.3. The monoisotopic (exact) mass is 438 g/mol. The Labute approximate surface area is 175 Å². The second-order valence-electron chi connectivity index (χ2n) is 7.69. The van der Waals surface area contributed by atoms with Gasteiger partial charge in [-0.3, -0.25) is 9.59 Å². The lowest BCUT2D eigenvalue weighted by Crippen LogP contribution is -2.49. The van der Waals surface area contributed by atoms with E-state index in [0.29, 0.717) is 36.5 Å². The summed E-state index contributed by atoms with van der Waals surface area (Å²) in [5, 5.41) is 0. The Balaban J connectivity index is 1.60. The van der Waals surface area contributed by atoms with E-state index in [1.165, 1.54) is 36.0 Å². The fourth-order valence-corrected chi connectivity index (χ4v) is 4.85. The van der Waals surface area contributed by atoms with Gasteiger partial charge in [0.15, 0.2) is 0 Å². The number of likely N-dealkylation sites (tertiary alicyclic amines) is 1. The van der Waals surface area contributed by atoms with E-state index in [4.69, 9.17) is 0 Å². The first-order valence-corrected chi connectivity index (χ1v) is 11.0. The van der Waals surface area contributed by atoms with E-state index in [0.717, 1.165) is 12.1 Å². The molecule has 1 aromatic heterocycles. The van der Waals surface area contributed by atoms with Crippen LogP contribution in [0.1, 0.15) is 18.0 Å². The Hall–Kier alpha value is -2.42. The van der Waals surface area contributed by atoms with Gasteiger partial charge < -0.3 is 14.2 Å². The molecule has 1 fully saturated rings. The average Bonchev–Trinajstić information content (AvgIpc) is 2.68. The van der Waals surface area contributed by atoms with Crippen molar-refractivity contribution in [3.05, 3.63) is 52.4 Å². The van der Waals surface area contributed by atoms with Gasteiger partial charge >= 0.3 is 6.36 Å². The summed E-state index contributed by atoms with van der Waals surface area (Å²) in [5.74, 6) is 0.601. The Morgan fingerprint density at radius 1 is 1.13 bits per heavy atom. The summed E-state index contributed by atoms with van der Waals surface area (Å²) < 4.78 is 42.7. The molecular formula is C21H21F3N2O3S. The summed E-state index contributed by atoms with van der Waals surface area (Å²) in [4.78, 5) is 27.4. The van der Waals surface area contributed by atoms with Gasteiger partial charge in [0.2, 0.25) is 5.91 Å². The number of fused-ring (bicyclic) bond motifs is 4. The van der Waals surface area contributed by atoms with Gasteiger partial charge in [0.1, 0.15) is 5.75 Å². The fourth-order valence-electron chi connectivity index (χ4n) is 4.42. The van der Waals surface area contributed by atoms with Crippen molar-refractivity contribution in [3.8, 4) is 16.9 Å². The zero-order valence-corrected chi connectivity index (χ0v) is 17.1. The number of piperidine rings is 1. The number of carbonyl (C=O) groups is 1. The third-order valence-electron chi connectivity index (χ3n) is 5.62. The number of halogens is 3. The van der Waals surface area contributed by atoms with Crippen molar-refractivity contribution >= 4 is 17.7 Å². The van der Waals surface area contributed by atoms with Crippen LogP contribution < -0.4 is 10.3 Å². The molecule has 0 radical (unpaired) electrons. The van der Waals surface area contributed by atoms with Crippen LogP contribution in [0.15, 0.2) is 41.2 Å². The molecule has 0 spiro atoms. The lowest BCUT2D eigenvalue weighted by Gasteiger charge is -2.43. The molecule has 1 aromatic carbocycles. The molecule has 2 aromatic rings. The van der Waals surface area contributed by atoms with Gasteiger partial charge in [0, 0.05) is 36.8 Å². The van der Waals surface area contributed by atoms with Gasteiger partial charge in [0.05, 0.1) is 5.75 Å². The fraction of sp³-hybridized carbons (Fsp3) is 0.429. The Morgan fingerprint density at radius 2 is 1.87 bits per heavy atom. The molecule has 2 atom stereocenters. The molecule has 5 nitrogen and oxygen atoms in total. The molecule has 4 rings (SSSR count). The number of ether oxygens (including phenoxy) is 1. The van der Waals surface area contributed by atoms with Crippen LogP contribution in [0.2, 0.25) is 0 Å². The highest BCUT2D eigenvalue weighted by atomic mass is 32.2. The first kappa shape index (κ1) is 20.8. The highest BCUT2D eigenvalue weighted by molar-refractivity contribution is 7.99. The van der Waals surface area contributed by atoms with Gasteiger partial charge in [-0.05, 0) is 48.4 Å².